The van der Waals surface area contributed by atoms with Gasteiger partial charge in [0.15, 0.2) is 0 Å². The zero-order valence-corrected chi connectivity index (χ0v) is 19.5. The van der Waals surface area contributed by atoms with Crippen LogP contribution in [0.15, 0.2) is 59.1 Å². The Balaban J connectivity index is 2.01. The Morgan fingerprint density at radius 2 is 1.83 bits per heavy atom. The van der Waals surface area contributed by atoms with Gasteiger partial charge in [-0.3, -0.25) is 9.59 Å². The van der Waals surface area contributed by atoms with Crippen LogP contribution < -0.4 is 10.1 Å². The summed E-state index contributed by atoms with van der Waals surface area (Å²) < 4.78 is 6.63. The van der Waals surface area contributed by atoms with Gasteiger partial charge in [0.1, 0.15) is 11.8 Å². The van der Waals surface area contributed by atoms with Crippen molar-refractivity contribution in [2.75, 3.05) is 6.61 Å². The predicted octanol–water partition coefficient (Wildman–Crippen LogP) is 4.94. The molecule has 2 amide bonds. The molecule has 0 aromatic heterocycles. The Kier molecular flexibility index (Phi) is 9.87. The Labute approximate surface area is 187 Å². The zero-order valence-electron chi connectivity index (χ0n) is 17.9. The standard InChI is InChI=1S/C24H31BrN2O3/c1-4-18(2)26-24(29)19(3)27(17-20-10-8-11-21(25)16-20)23(28)14-9-15-30-22-12-6-5-7-13-22/h5-8,10-13,16,18-19H,4,9,14-15,17H2,1-3H3,(H,26,29)/t18-,19+/m0/s1. The second-order valence-electron chi connectivity index (χ2n) is 7.41. The third-order valence-electron chi connectivity index (χ3n) is 4.96. The van der Waals surface area contributed by atoms with Crippen molar-refractivity contribution in [2.24, 2.45) is 0 Å². The van der Waals surface area contributed by atoms with Gasteiger partial charge in [-0.25, -0.2) is 0 Å². The maximum atomic E-state index is 13.0. The molecule has 30 heavy (non-hydrogen) atoms. The van der Waals surface area contributed by atoms with Crippen LogP contribution in [0.1, 0.15) is 45.6 Å². The Bertz CT molecular complexity index is 813. The van der Waals surface area contributed by atoms with Gasteiger partial charge in [0.2, 0.25) is 11.8 Å². The van der Waals surface area contributed by atoms with Gasteiger partial charge in [0, 0.05) is 23.5 Å². The third kappa shape index (κ3) is 7.82. The summed E-state index contributed by atoms with van der Waals surface area (Å²) in [5.41, 5.74) is 0.974. The minimum Gasteiger partial charge on any atom is -0.494 e. The molecule has 1 N–H and O–H groups in total. The quantitative estimate of drug-likeness (QED) is 0.469. The molecule has 0 saturated carbocycles. The van der Waals surface area contributed by atoms with Crippen molar-refractivity contribution in [1.29, 1.82) is 0 Å². The van der Waals surface area contributed by atoms with Crippen molar-refractivity contribution in [3.63, 3.8) is 0 Å². The van der Waals surface area contributed by atoms with Crippen LogP contribution in [-0.2, 0) is 16.1 Å². The first-order valence-electron chi connectivity index (χ1n) is 10.4. The summed E-state index contributed by atoms with van der Waals surface area (Å²) in [6.07, 6.45) is 1.75. The molecule has 2 aromatic rings. The van der Waals surface area contributed by atoms with Crippen molar-refractivity contribution in [1.82, 2.24) is 10.2 Å². The van der Waals surface area contributed by atoms with Gasteiger partial charge in [-0.15, -0.1) is 0 Å². The summed E-state index contributed by atoms with van der Waals surface area (Å²) in [4.78, 5) is 27.4. The van der Waals surface area contributed by atoms with Crippen LogP contribution in [0.4, 0.5) is 0 Å². The first kappa shape index (κ1) is 23.9. The maximum Gasteiger partial charge on any atom is 0.242 e. The first-order chi connectivity index (χ1) is 14.4. The monoisotopic (exact) mass is 474 g/mol. The molecule has 0 radical (unpaired) electrons. The largest absolute Gasteiger partial charge is 0.494 e. The van der Waals surface area contributed by atoms with Gasteiger partial charge in [-0.1, -0.05) is 53.2 Å². The number of carbonyl (C=O) groups is 2. The molecular weight excluding hydrogens is 444 g/mol. The van der Waals surface area contributed by atoms with Crippen molar-refractivity contribution in [3.8, 4) is 5.75 Å². The van der Waals surface area contributed by atoms with E-state index in [0.29, 0.717) is 26.0 Å². The van der Waals surface area contributed by atoms with E-state index in [2.05, 4.69) is 21.2 Å². The van der Waals surface area contributed by atoms with Crippen LogP contribution >= 0.6 is 15.9 Å². The SMILES string of the molecule is CC[C@H](C)NC(=O)[C@@H](C)N(Cc1cccc(Br)c1)C(=O)CCCOc1ccccc1. The number of benzene rings is 2. The normalized spacial score (nSPS) is 12.7. The van der Waals surface area contributed by atoms with Crippen LogP contribution in [0.3, 0.4) is 0 Å². The molecule has 162 valence electrons. The van der Waals surface area contributed by atoms with E-state index in [4.69, 9.17) is 4.74 Å². The van der Waals surface area contributed by atoms with E-state index in [1.54, 1.807) is 11.8 Å². The summed E-state index contributed by atoms with van der Waals surface area (Å²) in [6.45, 7) is 6.60. The fourth-order valence-corrected chi connectivity index (χ4v) is 3.40. The molecule has 2 aromatic carbocycles. The summed E-state index contributed by atoms with van der Waals surface area (Å²) in [6, 6.07) is 16.9. The van der Waals surface area contributed by atoms with Gasteiger partial charge in [-0.05, 0) is 56.5 Å². The van der Waals surface area contributed by atoms with E-state index in [-0.39, 0.29) is 17.9 Å². The van der Waals surface area contributed by atoms with Gasteiger partial charge in [-0.2, -0.15) is 0 Å². The minimum absolute atomic E-state index is 0.0570. The van der Waals surface area contributed by atoms with E-state index >= 15 is 0 Å². The van der Waals surface area contributed by atoms with Crippen molar-refractivity contribution < 1.29 is 14.3 Å². The summed E-state index contributed by atoms with van der Waals surface area (Å²) >= 11 is 3.47. The molecular formula is C24H31BrN2O3. The topological polar surface area (TPSA) is 58.6 Å². The number of hydrogen-bond donors (Lipinski definition) is 1. The number of rotatable bonds is 11. The van der Waals surface area contributed by atoms with E-state index < -0.39 is 6.04 Å². The summed E-state index contributed by atoms with van der Waals surface area (Å²) in [5, 5.41) is 2.98. The molecule has 2 rings (SSSR count). The highest BCUT2D eigenvalue weighted by molar-refractivity contribution is 9.10. The molecule has 0 aliphatic rings. The van der Waals surface area contributed by atoms with Crippen LogP contribution in [0.2, 0.25) is 0 Å². The predicted molar refractivity (Wildman–Crippen MR) is 123 cm³/mol. The highest BCUT2D eigenvalue weighted by atomic mass is 79.9. The number of halogens is 1. The number of nitrogens with zero attached hydrogens (tertiary/aromatic N) is 1. The molecule has 0 aliphatic heterocycles. The highest BCUT2D eigenvalue weighted by Gasteiger charge is 2.26. The molecule has 0 bridgehead atoms. The van der Waals surface area contributed by atoms with Crippen LogP contribution in [-0.4, -0.2) is 35.4 Å². The van der Waals surface area contributed by atoms with Crippen LogP contribution in [0, 0.1) is 0 Å². The lowest BCUT2D eigenvalue weighted by Gasteiger charge is -2.30. The van der Waals surface area contributed by atoms with E-state index in [9.17, 15) is 9.59 Å². The molecule has 0 unspecified atom stereocenters. The number of para-hydroxylation sites is 1. The van der Waals surface area contributed by atoms with Crippen LogP contribution in [0.25, 0.3) is 0 Å². The van der Waals surface area contributed by atoms with Crippen molar-refractivity contribution in [2.45, 2.75) is 58.7 Å². The number of hydrogen-bond acceptors (Lipinski definition) is 3. The number of ether oxygens (including phenoxy) is 1. The van der Waals surface area contributed by atoms with E-state index in [1.807, 2.05) is 68.4 Å². The third-order valence-corrected chi connectivity index (χ3v) is 5.45. The van der Waals surface area contributed by atoms with Gasteiger partial charge in [0.05, 0.1) is 6.61 Å². The highest BCUT2D eigenvalue weighted by Crippen LogP contribution is 2.17. The fraction of sp³-hybridized carbons (Fsp3) is 0.417. The number of carbonyl (C=O) groups excluding carboxylic acids is 2. The number of amides is 2. The van der Waals surface area contributed by atoms with Gasteiger partial charge >= 0.3 is 0 Å². The molecule has 0 aliphatic carbocycles. The molecule has 5 nitrogen and oxygen atoms in total. The lowest BCUT2D eigenvalue weighted by molar-refractivity contribution is -0.141. The van der Waals surface area contributed by atoms with Crippen molar-refractivity contribution >= 4 is 27.7 Å². The van der Waals surface area contributed by atoms with Gasteiger partial charge < -0.3 is 15.0 Å². The molecule has 0 spiro atoms. The molecule has 0 saturated heterocycles. The van der Waals surface area contributed by atoms with Gasteiger partial charge in [0.25, 0.3) is 0 Å². The number of nitrogens with one attached hydrogen (secondary N) is 1. The zero-order chi connectivity index (χ0) is 21.9. The lowest BCUT2D eigenvalue weighted by Crippen LogP contribution is -2.49. The molecule has 0 fully saturated rings. The Morgan fingerprint density at radius 1 is 1.10 bits per heavy atom. The second kappa shape index (κ2) is 12.4. The molecule has 0 heterocycles. The molecule has 6 heteroatoms. The molecule has 2 atom stereocenters. The maximum absolute atomic E-state index is 13.0. The smallest absolute Gasteiger partial charge is 0.242 e. The lowest BCUT2D eigenvalue weighted by atomic mass is 10.1. The minimum atomic E-state index is -0.555. The van der Waals surface area contributed by atoms with Crippen LogP contribution in [0.5, 0.6) is 5.75 Å². The van der Waals surface area contributed by atoms with E-state index in [0.717, 1.165) is 22.2 Å². The average Bonchev–Trinajstić information content (AvgIpc) is 2.75. The Morgan fingerprint density at radius 3 is 2.50 bits per heavy atom. The first-order valence-corrected chi connectivity index (χ1v) is 11.2. The Hall–Kier alpha value is -2.34. The summed E-state index contributed by atoms with van der Waals surface area (Å²) in [7, 11) is 0. The summed E-state index contributed by atoms with van der Waals surface area (Å²) in [5.74, 6) is 0.601. The van der Waals surface area contributed by atoms with Crippen molar-refractivity contribution in [3.05, 3.63) is 64.6 Å². The van der Waals surface area contributed by atoms with E-state index in [1.165, 1.54) is 0 Å². The average molecular weight is 475 g/mol. The second-order valence-corrected chi connectivity index (χ2v) is 8.33. The fourth-order valence-electron chi connectivity index (χ4n) is 2.95.